The van der Waals surface area contributed by atoms with Crippen LogP contribution in [-0.2, 0) is 0 Å². The van der Waals surface area contributed by atoms with Crippen molar-refractivity contribution in [2.24, 2.45) is 5.41 Å². The van der Waals surface area contributed by atoms with Crippen molar-refractivity contribution >= 4 is 11.6 Å². The molecule has 0 atom stereocenters. The average Bonchev–Trinajstić information content (AvgIpc) is 2.43. The highest BCUT2D eigenvalue weighted by Crippen LogP contribution is 2.31. The van der Waals surface area contributed by atoms with Crippen LogP contribution in [0.25, 0.3) is 0 Å². The highest BCUT2D eigenvalue weighted by atomic mass is 35.5. The zero-order valence-corrected chi connectivity index (χ0v) is 12.8. The van der Waals surface area contributed by atoms with E-state index in [1.807, 2.05) is 25.1 Å². The third-order valence-corrected chi connectivity index (χ3v) is 4.05. The molecule has 0 aliphatic carbocycles. The topological polar surface area (TPSA) is 33.0 Å². The molecule has 1 aromatic rings. The van der Waals surface area contributed by atoms with Crippen molar-refractivity contribution in [3.8, 4) is 11.8 Å². The van der Waals surface area contributed by atoms with Crippen LogP contribution in [0.3, 0.4) is 0 Å². The van der Waals surface area contributed by atoms with E-state index in [0.717, 1.165) is 37.0 Å². The summed E-state index contributed by atoms with van der Waals surface area (Å²) >= 11 is 6.07. The Morgan fingerprint density at radius 3 is 2.58 bits per heavy atom. The van der Waals surface area contributed by atoms with Crippen LogP contribution >= 0.6 is 11.6 Å². The first-order chi connectivity index (χ1) is 9.06. The second-order valence-corrected chi connectivity index (χ2v) is 5.39. The van der Waals surface area contributed by atoms with Gasteiger partial charge in [-0.1, -0.05) is 31.5 Å². The van der Waals surface area contributed by atoms with Gasteiger partial charge in [-0.2, -0.15) is 5.26 Å². The van der Waals surface area contributed by atoms with Crippen LogP contribution < -0.4 is 4.74 Å². The summed E-state index contributed by atoms with van der Waals surface area (Å²) in [5.74, 6) is 0.734. The Labute approximate surface area is 121 Å². The Morgan fingerprint density at radius 2 is 2.00 bits per heavy atom. The van der Waals surface area contributed by atoms with Crippen molar-refractivity contribution in [1.82, 2.24) is 0 Å². The average molecular weight is 280 g/mol. The fraction of sp³-hybridized carbons (Fsp3) is 0.562. The highest BCUT2D eigenvalue weighted by molar-refractivity contribution is 6.32. The SMILES string of the molecule is CCC(C#N)(CC)CCCOc1cc(C)ccc1Cl. The van der Waals surface area contributed by atoms with Crippen LogP contribution in [0.2, 0.25) is 5.02 Å². The fourth-order valence-corrected chi connectivity index (χ4v) is 2.30. The van der Waals surface area contributed by atoms with Crippen LogP contribution in [0.15, 0.2) is 18.2 Å². The number of hydrogen-bond acceptors (Lipinski definition) is 2. The van der Waals surface area contributed by atoms with E-state index < -0.39 is 0 Å². The van der Waals surface area contributed by atoms with Crippen molar-refractivity contribution in [1.29, 1.82) is 5.26 Å². The van der Waals surface area contributed by atoms with Crippen LogP contribution in [0.4, 0.5) is 0 Å². The summed E-state index contributed by atoms with van der Waals surface area (Å²) in [6.45, 7) is 6.76. The van der Waals surface area contributed by atoms with Crippen LogP contribution in [0.1, 0.15) is 45.1 Å². The predicted molar refractivity (Wildman–Crippen MR) is 79.5 cm³/mol. The molecule has 104 valence electrons. The molecule has 0 aliphatic rings. The molecule has 0 aliphatic heterocycles. The Balaban J connectivity index is 2.47. The van der Waals surface area contributed by atoms with Gasteiger partial charge < -0.3 is 4.74 Å². The second kappa shape index (κ2) is 7.40. The fourth-order valence-electron chi connectivity index (χ4n) is 2.13. The Bertz CT molecular complexity index is 447. The van der Waals surface area contributed by atoms with E-state index in [-0.39, 0.29) is 5.41 Å². The second-order valence-electron chi connectivity index (χ2n) is 4.99. The lowest BCUT2D eigenvalue weighted by atomic mass is 9.80. The first kappa shape index (κ1) is 15.9. The molecule has 1 aromatic carbocycles. The van der Waals surface area contributed by atoms with Crippen LogP contribution in [0, 0.1) is 23.7 Å². The summed E-state index contributed by atoms with van der Waals surface area (Å²) < 4.78 is 5.71. The normalized spacial score (nSPS) is 11.1. The van der Waals surface area contributed by atoms with Crippen LogP contribution in [-0.4, -0.2) is 6.61 Å². The number of ether oxygens (including phenoxy) is 1. The lowest BCUT2D eigenvalue weighted by Crippen LogP contribution is -2.17. The maximum atomic E-state index is 9.26. The smallest absolute Gasteiger partial charge is 0.138 e. The van der Waals surface area contributed by atoms with Crippen molar-refractivity contribution < 1.29 is 4.74 Å². The van der Waals surface area contributed by atoms with E-state index in [2.05, 4.69) is 19.9 Å². The summed E-state index contributed by atoms with van der Waals surface area (Å²) in [5, 5.41) is 9.90. The zero-order valence-electron chi connectivity index (χ0n) is 12.0. The summed E-state index contributed by atoms with van der Waals surface area (Å²) in [5.41, 5.74) is 0.938. The molecule has 3 heteroatoms. The molecular weight excluding hydrogens is 258 g/mol. The van der Waals surface area contributed by atoms with Gasteiger partial charge in [0.05, 0.1) is 23.1 Å². The molecule has 0 amide bonds. The highest BCUT2D eigenvalue weighted by Gasteiger charge is 2.24. The summed E-state index contributed by atoms with van der Waals surface area (Å²) in [7, 11) is 0. The minimum absolute atomic E-state index is 0.195. The Kier molecular flexibility index (Phi) is 6.18. The number of halogens is 1. The van der Waals surface area contributed by atoms with Crippen molar-refractivity contribution in [2.75, 3.05) is 6.61 Å². The molecule has 0 spiro atoms. The number of nitriles is 1. The maximum Gasteiger partial charge on any atom is 0.138 e. The van der Waals surface area contributed by atoms with Gasteiger partial charge in [0.2, 0.25) is 0 Å². The molecule has 0 radical (unpaired) electrons. The van der Waals surface area contributed by atoms with Gasteiger partial charge in [-0.15, -0.1) is 0 Å². The molecule has 19 heavy (non-hydrogen) atoms. The third kappa shape index (κ3) is 4.44. The molecule has 1 rings (SSSR count). The van der Waals surface area contributed by atoms with E-state index >= 15 is 0 Å². The summed E-state index contributed by atoms with van der Waals surface area (Å²) in [6.07, 6.45) is 3.54. The minimum atomic E-state index is -0.195. The molecule has 0 fully saturated rings. The monoisotopic (exact) mass is 279 g/mol. The number of aryl methyl sites for hydroxylation is 1. The van der Waals surface area contributed by atoms with Crippen molar-refractivity contribution in [2.45, 2.75) is 46.5 Å². The van der Waals surface area contributed by atoms with Crippen molar-refractivity contribution in [3.05, 3.63) is 28.8 Å². The van der Waals surface area contributed by atoms with Gasteiger partial charge in [-0.05, 0) is 50.3 Å². The number of nitrogens with zero attached hydrogens (tertiary/aromatic N) is 1. The van der Waals surface area contributed by atoms with Gasteiger partial charge in [0.15, 0.2) is 0 Å². The van der Waals surface area contributed by atoms with Gasteiger partial charge in [0, 0.05) is 0 Å². The van der Waals surface area contributed by atoms with E-state index in [1.165, 1.54) is 0 Å². The Hall–Kier alpha value is -1.20. The largest absolute Gasteiger partial charge is 0.492 e. The molecule has 0 aromatic heterocycles. The molecule has 0 unspecified atom stereocenters. The Morgan fingerprint density at radius 1 is 1.32 bits per heavy atom. The zero-order chi connectivity index (χ0) is 14.3. The predicted octanol–water partition coefficient (Wildman–Crippen LogP) is 5.14. The molecular formula is C16H22ClNO. The lowest BCUT2D eigenvalue weighted by Gasteiger charge is -2.23. The van der Waals surface area contributed by atoms with Gasteiger partial charge in [-0.3, -0.25) is 0 Å². The molecule has 2 nitrogen and oxygen atoms in total. The standard InChI is InChI=1S/C16H22ClNO/c1-4-16(5-2,12-18)9-6-10-19-15-11-13(3)7-8-14(15)17/h7-8,11H,4-6,9-10H2,1-3H3. The first-order valence-electron chi connectivity index (χ1n) is 6.87. The summed E-state index contributed by atoms with van der Waals surface area (Å²) in [4.78, 5) is 0. The molecule has 0 bridgehead atoms. The minimum Gasteiger partial charge on any atom is -0.492 e. The molecule has 0 N–H and O–H groups in total. The van der Waals surface area contributed by atoms with E-state index in [4.69, 9.17) is 16.3 Å². The van der Waals surface area contributed by atoms with E-state index in [9.17, 15) is 5.26 Å². The van der Waals surface area contributed by atoms with Gasteiger partial charge >= 0.3 is 0 Å². The first-order valence-corrected chi connectivity index (χ1v) is 7.25. The quantitative estimate of drug-likeness (QED) is 0.648. The van der Waals surface area contributed by atoms with E-state index in [0.29, 0.717) is 11.6 Å². The van der Waals surface area contributed by atoms with Crippen LogP contribution in [0.5, 0.6) is 5.75 Å². The van der Waals surface area contributed by atoms with Gasteiger partial charge in [0.25, 0.3) is 0 Å². The summed E-state index contributed by atoms with van der Waals surface area (Å²) in [6, 6.07) is 8.21. The molecule has 0 heterocycles. The lowest BCUT2D eigenvalue weighted by molar-refractivity contribution is 0.259. The third-order valence-electron chi connectivity index (χ3n) is 3.73. The number of rotatable bonds is 7. The maximum absolute atomic E-state index is 9.26. The van der Waals surface area contributed by atoms with Gasteiger partial charge in [0.1, 0.15) is 5.75 Å². The molecule has 0 saturated carbocycles. The van der Waals surface area contributed by atoms with Gasteiger partial charge in [-0.25, -0.2) is 0 Å². The number of hydrogen-bond donors (Lipinski definition) is 0. The molecule has 0 saturated heterocycles. The van der Waals surface area contributed by atoms with E-state index in [1.54, 1.807) is 0 Å². The number of benzene rings is 1. The van der Waals surface area contributed by atoms with Crippen molar-refractivity contribution in [3.63, 3.8) is 0 Å².